The van der Waals surface area contributed by atoms with Gasteiger partial charge in [-0.05, 0) is 25.1 Å². The monoisotopic (exact) mass is 455 g/mol. The van der Waals surface area contributed by atoms with E-state index in [4.69, 9.17) is 32.5 Å². The van der Waals surface area contributed by atoms with Gasteiger partial charge in [0.2, 0.25) is 15.8 Å². The molecule has 0 bridgehead atoms. The Bertz CT molecular complexity index is 1130. The van der Waals surface area contributed by atoms with E-state index in [1.807, 2.05) is 31.2 Å². The van der Waals surface area contributed by atoms with Crippen LogP contribution in [0.1, 0.15) is 11.5 Å². The Hall–Kier alpha value is -2.46. The molecular formula is C18H15Cl2N3O5S. The lowest BCUT2D eigenvalue weighted by Crippen LogP contribution is -2.30. The zero-order chi connectivity index (χ0) is 21.0. The van der Waals surface area contributed by atoms with Gasteiger partial charge in [0.15, 0.2) is 6.61 Å². The molecule has 0 aliphatic carbocycles. The first-order chi connectivity index (χ1) is 13.7. The van der Waals surface area contributed by atoms with Crippen LogP contribution >= 0.6 is 23.2 Å². The summed E-state index contributed by atoms with van der Waals surface area (Å²) in [6.45, 7) is 1.09. The number of nitrogens with zero attached hydrogens (tertiary/aromatic N) is 2. The fraction of sp³-hybridized carbons (Fsp3) is 0.167. The number of carbonyl (C=O) groups is 1. The van der Waals surface area contributed by atoms with Crippen LogP contribution in [0, 0.1) is 6.92 Å². The van der Waals surface area contributed by atoms with Crippen LogP contribution in [0.25, 0.3) is 11.4 Å². The first kappa shape index (κ1) is 21.3. The van der Waals surface area contributed by atoms with Gasteiger partial charge >= 0.3 is 5.97 Å². The quantitative estimate of drug-likeness (QED) is 0.543. The van der Waals surface area contributed by atoms with Gasteiger partial charge in [0.1, 0.15) is 6.54 Å². The second-order valence-electron chi connectivity index (χ2n) is 5.94. The summed E-state index contributed by atoms with van der Waals surface area (Å²) in [6, 6.07) is 11.3. The van der Waals surface area contributed by atoms with Gasteiger partial charge in [-0.3, -0.25) is 4.79 Å². The molecule has 3 aromatic rings. The summed E-state index contributed by atoms with van der Waals surface area (Å²) in [4.78, 5) is 15.9. The third-order valence-electron chi connectivity index (χ3n) is 3.74. The number of carbonyl (C=O) groups excluding carboxylic acids is 1. The standard InChI is InChI=1S/C18H15Cl2N3O5S/c1-11-2-4-12(5-3-11)18-22-16(28-23-18)10-27-17(24)9-21-29(25,26)13-6-7-14(19)15(20)8-13/h2-8,21H,9-10H2,1H3. The van der Waals surface area contributed by atoms with E-state index < -0.39 is 22.5 Å². The number of aryl methyl sites for hydroxylation is 1. The van der Waals surface area contributed by atoms with Crippen molar-refractivity contribution in [3.63, 3.8) is 0 Å². The lowest BCUT2D eigenvalue weighted by atomic mass is 10.1. The third-order valence-corrected chi connectivity index (χ3v) is 5.88. The smallest absolute Gasteiger partial charge is 0.321 e. The minimum Gasteiger partial charge on any atom is -0.455 e. The number of aromatic nitrogens is 2. The van der Waals surface area contributed by atoms with E-state index in [0.29, 0.717) is 5.82 Å². The highest BCUT2D eigenvalue weighted by atomic mass is 35.5. The van der Waals surface area contributed by atoms with E-state index in [0.717, 1.165) is 11.1 Å². The Morgan fingerprint density at radius 2 is 1.86 bits per heavy atom. The fourth-order valence-electron chi connectivity index (χ4n) is 2.21. The summed E-state index contributed by atoms with van der Waals surface area (Å²) in [5.41, 5.74) is 1.85. The van der Waals surface area contributed by atoms with Crippen LogP contribution in [0.4, 0.5) is 0 Å². The van der Waals surface area contributed by atoms with Crippen molar-refractivity contribution >= 4 is 39.2 Å². The molecule has 3 rings (SSSR count). The Morgan fingerprint density at radius 1 is 1.14 bits per heavy atom. The summed E-state index contributed by atoms with van der Waals surface area (Å²) >= 11 is 11.6. The Kier molecular flexibility index (Phi) is 6.53. The van der Waals surface area contributed by atoms with E-state index in [9.17, 15) is 13.2 Å². The van der Waals surface area contributed by atoms with Crippen LogP contribution in [0.2, 0.25) is 10.0 Å². The summed E-state index contributed by atoms with van der Waals surface area (Å²) < 4.78 is 36.5. The maximum atomic E-state index is 12.2. The zero-order valence-electron chi connectivity index (χ0n) is 15.1. The molecule has 1 N–H and O–H groups in total. The molecule has 2 aromatic carbocycles. The SMILES string of the molecule is Cc1ccc(-c2noc(COC(=O)CNS(=O)(=O)c3ccc(Cl)c(Cl)c3)n2)cc1. The first-order valence-corrected chi connectivity index (χ1v) is 10.5. The average Bonchev–Trinajstić information content (AvgIpc) is 3.16. The van der Waals surface area contributed by atoms with Gasteiger partial charge in [0.05, 0.1) is 14.9 Å². The van der Waals surface area contributed by atoms with E-state index in [-0.39, 0.29) is 27.4 Å². The van der Waals surface area contributed by atoms with Crippen LogP contribution in [0.3, 0.4) is 0 Å². The zero-order valence-corrected chi connectivity index (χ0v) is 17.4. The predicted molar refractivity (Wildman–Crippen MR) is 106 cm³/mol. The van der Waals surface area contributed by atoms with Gasteiger partial charge in [-0.25, -0.2) is 8.42 Å². The van der Waals surface area contributed by atoms with Gasteiger partial charge < -0.3 is 9.26 Å². The number of sulfonamides is 1. The largest absolute Gasteiger partial charge is 0.455 e. The molecule has 29 heavy (non-hydrogen) atoms. The number of rotatable bonds is 7. The molecular weight excluding hydrogens is 441 g/mol. The van der Waals surface area contributed by atoms with E-state index in [1.165, 1.54) is 18.2 Å². The first-order valence-electron chi connectivity index (χ1n) is 8.24. The molecule has 11 heteroatoms. The second kappa shape index (κ2) is 8.91. The minimum absolute atomic E-state index is 0.0814. The van der Waals surface area contributed by atoms with Gasteiger partial charge in [0.25, 0.3) is 5.89 Å². The highest BCUT2D eigenvalue weighted by Crippen LogP contribution is 2.24. The molecule has 0 spiro atoms. The van der Waals surface area contributed by atoms with E-state index >= 15 is 0 Å². The summed E-state index contributed by atoms with van der Waals surface area (Å²) in [6.07, 6.45) is 0. The van der Waals surface area contributed by atoms with Crippen molar-refractivity contribution in [1.29, 1.82) is 0 Å². The lowest BCUT2D eigenvalue weighted by molar-refractivity contribution is -0.144. The van der Waals surface area contributed by atoms with E-state index in [2.05, 4.69) is 14.9 Å². The average molecular weight is 456 g/mol. The fourth-order valence-corrected chi connectivity index (χ4v) is 3.57. The van der Waals surface area contributed by atoms with Gasteiger partial charge in [-0.1, -0.05) is 58.2 Å². The number of ether oxygens (including phenoxy) is 1. The Balaban J connectivity index is 1.53. The highest BCUT2D eigenvalue weighted by Gasteiger charge is 2.18. The number of halogens is 2. The molecule has 0 amide bonds. The topological polar surface area (TPSA) is 111 Å². The van der Waals surface area contributed by atoms with Crippen LogP contribution in [-0.2, 0) is 26.2 Å². The van der Waals surface area contributed by atoms with Crippen molar-refractivity contribution in [3.05, 3.63) is 64.0 Å². The molecule has 0 radical (unpaired) electrons. The Labute approximate surface area is 176 Å². The lowest BCUT2D eigenvalue weighted by Gasteiger charge is -2.07. The van der Waals surface area contributed by atoms with Gasteiger partial charge in [-0.2, -0.15) is 9.71 Å². The molecule has 152 valence electrons. The molecule has 0 fully saturated rings. The van der Waals surface area contributed by atoms with Gasteiger partial charge in [0, 0.05) is 5.56 Å². The number of hydrogen-bond donors (Lipinski definition) is 1. The minimum atomic E-state index is -3.96. The number of benzene rings is 2. The molecule has 0 saturated heterocycles. The van der Waals surface area contributed by atoms with Crippen molar-refractivity contribution in [3.8, 4) is 11.4 Å². The normalized spacial score (nSPS) is 11.4. The summed E-state index contributed by atoms with van der Waals surface area (Å²) in [7, 11) is -3.96. The van der Waals surface area contributed by atoms with Crippen molar-refractivity contribution in [2.75, 3.05) is 6.54 Å². The molecule has 0 aliphatic heterocycles. The summed E-state index contributed by atoms with van der Waals surface area (Å²) in [5.74, 6) is -0.374. The number of hydrogen-bond acceptors (Lipinski definition) is 7. The van der Waals surface area contributed by atoms with Crippen LogP contribution in [0.15, 0.2) is 51.9 Å². The summed E-state index contributed by atoms with van der Waals surface area (Å²) in [5, 5.41) is 4.12. The van der Waals surface area contributed by atoms with Crippen molar-refractivity contribution in [2.45, 2.75) is 18.4 Å². The molecule has 1 aromatic heterocycles. The van der Waals surface area contributed by atoms with E-state index in [1.54, 1.807) is 0 Å². The second-order valence-corrected chi connectivity index (χ2v) is 8.52. The molecule has 0 unspecified atom stereocenters. The van der Waals surface area contributed by atoms with Crippen LogP contribution in [-0.4, -0.2) is 31.1 Å². The molecule has 1 heterocycles. The Morgan fingerprint density at radius 3 is 2.55 bits per heavy atom. The maximum Gasteiger partial charge on any atom is 0.321 e. The molecule has 8 nitrogen and oxygen atoms in total. The molecule has 0 aliphatic rings. The predicted octanol–water partition coefficient (Wildman–Crippen LogP) is 3.37. The van der Waals surface area contributed by atoms with Crippen LogP contribution < -0.4 is 4.72 Å². The van der Waals surface area contributed by atoms with Crippen molar-refractivity contribution in [1.82, 2.24) is 14.9 Å². The van der Waals surface area contributed by atoms with Crippen molar-refractivity contribution < 1.29 is 22.5 Å². The number of esters is 1. The molecule has 0 saturated carbocycles. The van der Waals surface area contributed by atoms with Gasteiger partial charge in [-0.15, -0.1) is 0 Å². The highest BCUT2D eigenvalue weighted by molar-refractivity contribution is 7.89. The van der Waals surface area contributed by atoms with Crippen LogP contribution in [0.5, 0.6) is 0 Å². The number of nitrogens with one attached hydrogen (secondary N) is 1. The van der Waals surface area contributed by atoms with Crippen molar-refractivity contribution in [2.24, 2.45) is 0 Å². The molecule has 0 atom stereocenters. The third kappa shape index (κ3) is 5.54. The maximum absolute atomic E-state index is 12.2.